The molecule has 16 heavy (non-hydrogen) atoms. The Morgan fingerprint density at radius 1 is 1.62 bits per heavy atom. The summed E-state index contributed by atoms with van der Waals surface area (Å²) in [5.41, 5.74) is 0.0146. The van der Waals surface area contributed by atoms with Gasteiger partial charge in [-0.05, 0) is 36.5 Å². The molecule has 1 aromatic carbocycles. The van der Waals surface area contributed by atoms with E-state index in [1.807, 2.05) is 0 Å². The molecule has 2 rings (SSSR count). The highest BCUT2D eigenvalue weighted by molar-refractivity contribution is 6.30. The fourth-order valence-electron chi connectivity index (χ4n) is 1.67. The summed E-state index contributed by atoms with van der Waals surface area (Å²) in [6, 6.07) is 3.98. The molecule has 2 atom stereocenters. The summed E-state index contributed by atoms with van der Waals surface area (Å²) in [5, 5.41) is 3.09. The fourth-order valence-corrected chi connectivity index (χ4v) is 1.85. The van der Waals surface area contributed by atoms with E-state index < -0.39 is 5.82 Å². The van der Waals surface area contributed by atoms with Gasteiger partial charge in [0.15, 0.2) is 0 Å². The van der Waals surface area contributed by atoms with Crippen LogP contribution < -0.4 is 5.32 Å². The molecule has 4 heteroatoms. The van der Waals surface area contributed by atoms with Gasteiger partial charge in [0.05, 0.1) is 5.56 Å². The average Bonchev–Trinajstić information content (AvgIpc) is 2.95. The molecule has 1 amide bonds. The zero-order valence-corrected chi connectivity index (χ0v) is 9.72. The van der Waals surface area contributed by atoms with Crippen LogP contribution in [-0.4, -0.2) is 12.5 Å². The first-order valence-electron chi connectivity index (χ1n) is 5.31. The van der Waals surface area contributed by atoms with Gasteiger partial charge >= 0.3 is 0 Å². The van der Waals surface area contributed by atoms with Gasteiger partial charge in [-0.15, -0.1) is 0 Å². The lowest BCUT2D eigenvalue weighted by molar-refractivity contribution is 0.0947. The van der Waals surface area contributed by atoms with E-state index in [1.165, 1.54) is 18.2 Å². The fraction of sp³-hybridized carbons (Fsp3) is 0.417. The second-order valence-electron chi connectivity index (χ2n) is 4.31. The highest BCUT2D eigenvalue weighted by Gasteiger charge is 2.32. The number of benzene rings is 1. The van der Waals surface area contributed by atoms with Crippen LogP contribution in [0.25, 0.3) is 0 Å². The minimum atomic E-state index is -0.536. The van der Waals surface area contributed by atoms with Gasteiger partial charge in [0.1, 0.15) is 5.82 Å². The minimum absolute atomic E-state index is 0.0146. The van der Waals surface area contributed by atoms with Crippen LogP contribution in [0.15, 0.2) is 18.2 Å². The predicted octanol–water partition coefficient (Wildman–Crippen LogP) is 2.86. The first-order valence-corrected chi connectivity index (χ1v) is 5.69. The van der Waals surface area contributed by atoms with Crippen molar-refractivity contribution in [2.75, 3.05) is 6.54 Å². The molecule has 1 fully saturated rings. The van der Waals surface area contributed by atoms with Crippen LogP contribution in [0.1, 0.15) is 23.7 Å². The summed E-state index contributed by atoms with van der Waals surface area (Å²) in [5.74, 6) is 0.292. The number of hydrogen-bond donors (Lipinski definition) is 1. The quantitative estimate of drug-likeness (QED) is 0.866. The third kappa shape index (κ3) is 2.53. The minimum Gasteiger partial charge on any atom is -0.352 e. The molecule has 1 saturated carbocycles. The summed E-state index contributed by atoms with van der Waals surface area (Å²) < 4.78 is 13.3. The van der Waals surface area contributed by atoms with Crippen LogP contribution in [0.2, 0.25) is 5.02 Å². The van der Waals surface area contributed by atoms with Crippen LogP contribution in [0.5, 0.6) is 0 Å². The molecule has 1 N–H and O–H groups in total. The van der Waals surface area contributed by atoms with Gasteiger partial charge in [0.2, 0.25) is 0 Å². The Balaban J connectivity index is 1.99. The molecule has 2 nitrogen and oxygen atoms in total. The molecule has 1 aliphatic rings. The van der Waals surface area contributed by atoms with Crippen molar-refractivity contribution >= 4 is 17.5 Å². The predicted molar refractivity (Wildman–Crippen MR) is 61.0 cm³/mol. The maximum absolute atomic E-state index is 13.3. The van der Waals surface area contributed by atoms with Gasteiger partial charge in [-0.1, -0.05) is 18.5 Å². The first kappa shape index (κ1) is 11.4. The van der Waals surface area contributed by atoms with Gasteiger partial charge in [-0.25, -0.2) is 4.39 Å². The molecule has 1 aromatic rings. The molecule has 0 spiro atoms. The summed E-state index contributed by atoms with van der Waals surface area (Å²) in [7, 11) is 0. The van der Waals surface area contributed by atoms with Crippen molar-refractivity contribution in [3.05, 3.63) is 34.6 Å². The van der Waals surface area contributed by atoms with E-state index in [0.717, 1.165) is 6.42 Å². The van der Waals surface area contributed by atoms with Crippen LogP contribution >= 0.6 is 11.6 Å². The number of nitrogens with one attached hydrogen (secondary N) is 1. The van der Waals surface area contributed by atoms with Gasteiger partial charge in [0, 0.05) is 11.6 Å². The monoisotopic (exact) mass is 241 g/mol. The molecule has 0 aromatic heterocycles. The van der Waals surface area contributed by atoms with Crippen LogP contribution in [-0.2, 0) is 0 Å². The zero-order chi connectivity index (χ0) is 11.7. The maximum atomic E-state index is 13.3. The Labute approximate surface area is 98.8 Å². The standard InChI is InChI=1S/C12H13ClFNO/c1-7-4-8(7)6-15-12(16)10-5-9(13)2-3-11(10)14/h2-3,5,7-8H,4,6H2,1H3,(H,15,16). The average molecular weight is 242 g/mol. The normalized spacial score (nSPS) is 22.9. The van der Waals surface area contributed by atoms with E-state index in [1.54, 1.807) is 0 Å². The third-order valence-corrected chi connectivity index (χ3v) is 3.21. The Morgan fingerprint density at radius 2 is 2.31 bits per heavy atom. The van der Waals surface area contributed by atoms with Gasteiger partial charge < -0.3 is 5.32 Å². The molecular weight excluding hydrogens is 229 g/mol. The number of amides is 1. The Kier molecular flexibility index (Phi) is 3.15. The Hall–Kier alpha value is -1.09. The molecule has 0 radical (unpaired) electrons. The summed E-state index contributed by atoms with van der Waals surface area (Å²) in [6.07, 6.45) is 1.14. The van der Waals surface area contributed by atoms with Gasteiger partial charge in [0.25, 0.3) is 5.91 Å². The number of halogens is 2. The highest BCUT2D eigenvalue weighted by atomic mass is 35.5. The lowest BCUT2D eigenvalue weighted by atomic mass is 10.2. The maximum Gasteiger partial charge on any atom is 0.254 e. The van der Waals surface area contributed by atoms with Crippen molar-refractivity contribution in [2.45, 2.75) is 13.3 Å². The molecule has 0 heterocycles. The third-order valence-electron chi connectivity index (χ3n) is 2.97. The number of rotatable bonds is 3. The van der Waals surface area contributed by atoms with Crippen molar-refractivity contribution < 1.29 is 9.18 Å². The van der Waals surface area contributed by atoms with E-state index in [9.17, 15) is 9.18 Å². The lowest BCUT2D eigenvalue weighted by Gasteiger charge is -2.05. The Morgan fingerprint density at radius 3 is 2.94 bits per heavy atom. The molecule has 0 saturated heterocycles. The van der Waals surface area contributed by atoms with Crippen LogP contribution in [0.4, 0.5) is 4.39 Å². The molecule has 0 aliphatic heterocycles. The Bertz CT molecular complexity index is 421. The highest BCUT2D eigenvalue weighted by Crippen LogP contribution is 2.36. The summed E-state index contributed by atoms with van der Waals surface area (Å²) >= 11 is 5.71. The van der Waals surface area contributed by atoms with E-state index >= 15 is 0 Å². The molecule has 1 aliphatic carbocycles. The lowest BCUT2D eigenvalue weighted by Crippen LogP contribution is -2.26. The molecule has 86 valence electrons. The van der Waals surface area contributed by atoms with Crippen molar-refractivity contribution in [3.8, 4) is 0 Å². The number of carbonyl (C=O) groups excluding carboxylic acids is 1. The van der Waals surface area contributed by atoms with E-state index in [4.69, 9.17) is 11.6 Å². The van der Waals surface area contributed by atoms with Crippen LogP contribution in [0.3, 0.4) is 0 Å². The van der Waals surface area contributed by atoms with Crippen molar-refractivity contribution in [2.24, 2.45) is 11.8 Å². The van der Waals surface area contributed by atoms with E-state index in [0.29, 0.717) is 23.4 Å². The second kappa shape index (κ2) is 4.42. The second-order valence-corrected chi connectivity index (χ2v) is 4.74. The first-order chi connectivity index (χ1) is 7.58. The zero-order valence-electron chi connectivity index (χ0n) is 8.97. The van der Waals surface area contributed by atoms with E-state index in [-0.39, 0.29) is 11.5 Å². The molecular formula is C12H13ClFNO. The number of carbonyl (C=O) groups is 1. The van der Waals surface area contributed by atoms with Crippen molar-refractivity contribution in [3.63, 3.8) is 0 Å². The smallest absolute Gasteiger partial charge is 0.254 e. The molecule has 2 unspecified atom stereocenters. The SMILES string of the molecule is CC1CC1CNC(=O)c1cc(Cl)ccc1F. The van der Waals surface area contributed by atoms with E-state index in [2.05, 4.69) is 12.2 Å². The van der Waals surface area contributed by atoms with Crippen molar-refractivity contribution in [1.29, 1.82) is 0 Å². The summed E-state index contributed by atoms with van der Waals surface area (Å²) in [4.78, 5) is 11.6. The summed E-state index contributed by atoms with van der Waals surface area (Å²) in [6.45, 7) is 2.75. The van der Waals surface area contributed by atoms with Crippen molar-refractivity contribution in [1.82, 2.24) is 5.32 Å². The van der Waals surface area contributed by atoms with Gasteiger partial charge in [-0.3, -0.25) is 4.79 Å². The van der Waals surface area contributed by atoms with Gasteiger partial charge in [-0.2, -0.15) is 0 Å². The topological polar surface area (TPSA) is 29.1 Å². The molecule has 0 bridgehead atoms. The van der Waals surface area contributed by atoms with Crippen LogP contribution in [0, 0.1) is 17.7 Å². The largest absolute Gasteiger partial charge is 0.352 e. The number of hydrogen-bond acceptors (Lipinski definition) is 1.